The van der Waals surface area contributed by atoms with Gasteiger partial charge in [-0.3, -0.25) is 4.79 Å². The van der Waals surface area contributed by atoms with Gasteiger partial charge in [-0.15, -0.1) is 11.3 Å². The second kappa shape index (κ2) is 7.87. The molecule has 0 spiro atoms. The van der Waals surface area contributed by atoms with Gasteiger partial charge >= 0.3 is 0 Å². The molecule has 0 amide bonds. The van der Waals surface area contributed by atoms with Gasteiger partial charge in [0.1, 0.15) is 17.9 Å². The topological polar surface area (TPSA) is 50.2 Å². The average molecular weight is 411 g/mol. The highest BCUT2D eigenvalue weighted by molar-refractivity contribution is 7.17. The van der Waals surface area contributed by atoms with Gasteiger partial charge in [-0.25, -0.2) is 4.98 Å². The number of fused-ring (bicyclic) bond motifs is 1. The van der Waals surface area contributed by atoms with E-state index in [1.165, 1.54) is 27.4 Å². The zero-order valence-corrected chi connectivity index (χ0v) is 17.3. The molecule has 4 rings (SSSR count). The lowest BCUT2D eigenvalue weighted by Gasteiger charge is -2.13. The van der Waals surface area contributed by atoms with E-state index in [4.69, 9.17) is 16.6 Å². The molecule has 2 N–H and O–H groups in total. The van der Waals surface area contributed by atoms with Crippen molar-refractivity contribution in [2.75, 3.05) is 7.05 Å². The molecule has 2 heterocycles. The standard InChI is InChI=1S/C22H20ClN3OS/c1-14-3-5-15(6-4-14)11-26(2)12-19-24-21(27)20-18(13-28-22(20)25-19)16-7-9-17(23)10-8-16/h3-10,13H,11-12H2,1-2H3,(H,24,25,27)/p+1. The fourth-order valence-corrected chi connectivity index (χ4v) is 4.41. The maximum absolute atomic E-state index is 12.8. The third-order valence-electron chi connectivity index (χ3n) is 4.74. The Morgan fingerprint density at radius 3 is 2.50 bits per heavy atom. The van der Waals surface area contributed by atoms with Gasteiger partial charge in [0.15, 0.2) is 5.82 Å². The summed E-state index contributed by atoms with van der Waals surface area (Å²) in [6, 6.07) is 16.1. The fraction of sp³-hybridized carbons (Fsp3) is 0.182. The van der Waals surface area contributed by atoms with E-state index in [0.717, 1.165) is 22.5 Å². The van der Waals surface area contributed by atoms with E-state index in [0.29, 0.717) is 22.8 Å². The second-order valence-corrected chi connectivity index (χ2v) is 8.44. The number of aromatic amines is 1. The molecular weight excluding hydrogens is 390 g/mol. The molecule has 1 atom stereocenters. The number of halogens is 1. The lowest BCUT2D eigenvalue weighted by atomic mass is 10.1. The summed E-state index contributed by atoms with van der Waals surface area (Å²) in [5.41, 5.74) is 4.31. The molecule has 4 nitrogen and oxygen atoms in total. The Morgan fingerprint density at radius 1 is 1.07 bits per heavy atom. The van der Waals surface area contributed by atoms with Gasteiger partial charge in [0.05, 0.1) is 12.4 Å². The Hall–Kier alpha value is -2.47. The van der Waals surface area contributed by atoms with E-state index in [-0.39, 0.29) is 5.56 Å². The highest BCUT2D eigenvalue weighted by Gasteiger charge is 2.15. The van der Waals surface area contributed by atoms with Gasteiger partial charge in [-0.05, 0) is 24.6 Å². The van der Waals surface area contributed by atoms with Crippen LogP contribution in [0.5, 0.6) is 0 Å². The molecule has 142 valence electrons. The van der Waals surface area contributed by atoms with Crippen LogP contribution in [0, 0.1) is 6.92 Å². The minimum absolute atomic E-state index is 0.0886. The van der Waals surface area contributed by atoms with Crippen molar-refractivity contribution in [1.82, 2.24) is 9.97 Å². The predicted octanol–water partition coefficient (Wildman–Crippen LogP) is 3.83. The molecule has 1 unspecified atom stereocenters. The van der Waals surface area contributed by atoms with Crippen molar-refractivity contribution in [3.05, 3.63) is 86.2 Å². The minimum atomic E-state index is -0.0886. The van der Waals surface area contributed by atoms with Crippen molar-refractivity contribution in [1.29, 1.82) is 0 Å². The van der Waals surface area contributed by atoms with Crippen molar-refractivity contribution in [2.24, 2.45) is 0 Å². The summed E-state index contributed by atoms with van der Waals surface area (Å²) in [6.45, 7) is 3.62. The number of benzene rings is 2. The Balaban J connectivity index is 1.58. The number of rotatable bonds is 5. The van der Waals surface area contributed by atoms with E-state index >= 15 is 0 Å². The smallest absolute Gasteiger partial charge is 0.260 e. The van der Waals surface area contributed by atoms with Gasteiger partial charge in [0, 0.05) is 21.5 Å². The maximum atomic E-state index is 12.8. The number of nitrogens with zero attached hydrogens (tertiary/aromatic N) is 1. The van der Waals surface area contributed by atoms with Gasteiger partial charge in [-0.1, -0.05) is 53.6 Å². The minimum Gasteiger partial charge on any atom is -0.327 e. The zero-order valence-electron chi connectivity index (χ0n) is 15.8. The first-order valence-corrected chi connectivity index (χ1v) is 10.4. The molecule has 0 radical (unpaired) electrons. The number of nitrogens with one attached hydrogen (secondary N) is 2. The molecule has 2 aromatic carbocycles. The van der Waals surface area contributed by atoms with Crippen LogP contribution in [-0.4, -0.2) is 17.0 Å². The Kier molecular flexibility index (Phi) is 5.31. The molecule has 0 aliphatic carbocycles. The Morgan fingerprint density at radius 2 is 1.79 bits per heavy atom. The van der Waals surface area contributed by atoms with Crippen LogP contribution in [0.2, 0.25) is 5.02 Å². The van der Waals surface area contributed by atoms with E-state index in [1.54, 1.807) is 0 Å². The number of quaternary nitrogens is 1. The first kappa shape index (κ1) is 18.9. The molecule has 4 aromatic rings. The molecule has 2 aromatic heterocycles. The van der Waals surface area contributed by atoms with Gasteiger partial charge in [0.25, 0.3) is 5.56 Å². The molecule has 0 saturated carbocycles. The predicted molar refractivity (Wildman–Crippen MR) is 116 cm³/mol. The summed E-state index contributed by atoms with van der Waals surface area (Å²) in [4.78, 5) is 22.5. The first-order valence-electron chi connectivity index (χ1n) is 9.13. The molecular formula is C22H21ClN3OS+. The van der Waals surface area contributed by atoms with Crippen LogP contribution in [0.4, 0.5) is 0 Å². The first-order chi connectivity index (χ1) is 13.5. The monoisotopic (exact) mass is 410 g/mol. The zero-order chi connectivity index (χ0) is 19.7. The highest BCUT2D eigenvalue weighted by Crippen LogP contribution is 2.31. The molecule has 0 aliphatic rings. The second-order valence-electron chi connectivity index (χ2n) is 7.15. The van der Waals surface area contributed by atoms with E-state index in [2.05, 4.69) is 43.2 Å². The molecule has 28 heavy (non-hydrogen) atoms. The van der Waals surface area contributed by atoms with Crippen LogP contribution >= 0.6 is 22.9 Å². The van der Waals surface area contributed by atoms with E-state index < -0.39 is 0 Å². The molecule has 0 bridgehead atoms. The lowest BCUT2D eigenvalue weighted by molar-refractivity contribution is -0.908. The molecule has 0 aliphatic heterocycles. The number of H-pyrrole nitrogens is 1. The van der Waals surface area contributed by atoms with Crippen molar-refractivity contribution >= 4 is 33.2 Å². The Labute approximate surface area is 172 Å². The van der Waals surface area contributed by atoms with Crippen LogP contribution in [0.15, 0.2) is 58.7 Å². The number of hydrogen-bond acceptors (Lipinski definition) is 3. The summed E-state index contributed by atoms with van der Waals surface area (Å²) < 4.78 is 0. The van der Waals surface area contributed by atoms with Crippen molar-refractivity contribution in [3.63, 3.8) is 0 Å². The molecule has 0 saturated heterocycles. The van der Waals surface area contributed by atoms with Crippen molar-refractivity contribution < 1.29 is 4.90 Å². The Bertz CT molecular complexity index is 1160. The number of aromatic nitrogens is 2. The summed E-state index contributed by atoms with van der Waals surface area (Å²) in [5.74, 6) is 0.714. The number of hydrogen-bond donors (Lipinski definition) is 2. The van der Waals surface area contributed by atoms with Crippen molar-refractivity contribution in [2.45, 2.75) is 20.0 Å². The number of aryl methyl sites for hydroxylation is 1. The van der Waals surface area contributed by atoms with Crippen LogP contribution in [0.1, 0.15) is 17.0 Å². The summed E-state index contributed by atoms with van der Waals surface area (Å²) >= 11 is 7.48. The summed E-state index contributed by atoms with van der Waals surface area (Å²) in [6.07, 6.45) is 0. The lowest BCUT2D eigenvalue weighted by Crippen LogP contribution is -3.06. The van der Waals surface area contributed by atoms with Crippen molar-refractivity contribution in [3.8, 4) is 11.1 Å². The van der Waals surface area contributed by atoms with Crippen LogP contribution in [-0.2, 0) is 13.1 Å². The summed E-state index contributed by atoms with van der Waals surface area (Å²) in [5, 5.41) is 3.31. The van der Waals surface area contributed by atoms with Crippen LogP contribution < -0.4 is 10.5 Å². The van der Waals surface area contributed by atoms with Gasteiger partial charge in [0.2, 0.25) is 0 Å². The molecule has 0 fully saturated rings. The largest absolute Gasteiger partial charge is 0.327 e. The highest BCUT2D eigenvalue weighted by atomic mass is 35.5. The summed E-state index contributed by atoms with van der Waals surface area (Å²) in [7, 11) is 2.11. The third-order valence-corrected chi connectivity index (χ3v) is 5.87. The molecule has 6 heteroatoms. The van der Waals surface area contributed by atoms with Crippen LogP contribution in [0.3, 0.4) is 0 Å². The third kappa shape index (κ3) is 4.02. The number of thiophene rings is 1. The quantitative estimate of drug-likeness (QED) is 0.525. The fourth-order valence-electron chi connectivity index (χ4n) is 3.32. The maximum Gasteiger partial charge on any atom is 0.260 e. The average Bonchev–Trinajstić information content (AvgIpc) is 3.09. The SMILES string of the molecule is Cc1ccc(C[NH+](C)Cc2nc3scc(-c4ccc(Cl)cc4)c3c(=O)[nH]2)cc1. The van der Waals surface area contributed by atoms with Gasteiger partial charge < -0.3 is 9.88 Å². The van der Waals surface area contributed by atoms with Crippen LogP contribution in [0.25, 0.3) is 21.3 Å². The van der Waals surface area contributed by atoms with E-state index in [9.17, 15) is 4.79 Å². The van der Waals surface area contributed by atoms with E-state index in [1.807, 2.05) is 29.6 Å². The normalized spacial score (nSPS) is 12.4. The van der Waals surface area contributed by atoms with Gasteiger partial charge in [-0.2, -0.15) is 0 Å².